The lowest BCUT2D eigenvalue weighted by atomic mass is 10.1. The van der Waals surface area contributed by atoms with Gasteiger partial charge >= 0.3 is 0 Å². The number of likely N-dealkylation sites (tertiary alicyclic amines) is 1. The van der Waals surface area contributed by atoms with Gasteiger partial charge in [-0.15, -0.1) is 11.3 Å². The first kappa shape index (κ1) is 18.1. The number of benzene rings is 2. The number of hydrogen-bond acceptors (Lipinski definition) is 5. The predicted molar refractivity (Wildman–Crippen MR) is 113 cm³/mol. The zero-order valence-corrected chi connectivity index (χ0v) is 16.8. The number of thiazole rings is 1. The van der Waals surface area contributed by atoms with E-state index in [0.29, 0.717) is 5.76 Å². The number of para-hydroxylation sites is 1. The molecule has 1 amide bonds. The van der Waals surface area contributed by atoms with E-state index in [4.69, 9.17) is 9.51 Å². The van der Waals surface area contributed by atoms with Crippen molar-refractivity contribution in [2.24, 2.45) is 0 Å². The lowest BCUT2D eigenvalue weighted by molar-refractivity contribution is 0.0693. The summed E-state index contributed by atoms with van der Waals surface area (Å²) in [4.78, 5) is 19.8. The summed E-state index contributed by atoms with van der Waals surface area (Å²) in [5.74, 6) is 0.228. The number of fused-ring (bicyclic) bond motifs is 1. The highest BCUT2D eigenvalue weighted by molar-refractivity contribution is 7.18. The minimum Gasteiger partial charge on any atom is -0.351 e. The van der Waals surface area contributed by atoms with E-state index in [1.54, 1.807) is 17.4 Å². The van der Waals surface area contributed by atoms with Gasteiger partial charge in [-0.25, -0.2) is 4.98 Å². The largest absolute Gasteiger partial charge is 0.351 e. The van der Waals surface area contributed by atoms with Crippen molar-refractivity contribution in [3.8, 4) is 0 Å². The van der Waals surface area contributed by atoms with Crippen LogP contribution >= 0.6 is 11.3 Å². The summed E-state index contributed by atoms with van der Waals surface area (Å²) in [7, 11) is 0. The third kappa shape index (κ3) is 3.68. The minimum atomic E-state index is -0.0924. The number of rotatable bonds is 5. The number of amides is 1. The van der Waals surface area contributed by atoms with Crippen LogP contribution in [-0.4, -0.2) is 27.5 Å². The molecule has 146 valence electrons. The lowest BCUT2D eigenvalue weighted by Crippen LogP contribution is -2.30. The second-order valence-corrected chi connectivity index (χ2v) is 8.41. The Bertz CT molecular complexity index is 1100. The first-order valence-electron chi connectivity index (χ1n) is 9.94. The Morgan fingerprint density at radius 3 is 2.79 bits per heavy atom. The normalized spacial score (nSPS) is 16.6. The van der Waals surface area contributed by atoms with Crippen LogP contribution in [0.1, 0.15) is 45.7 Å². The maximum Gasteiger partial charge on any atom is 0.293 e. The van der Waals surface area contributed by atoms with Gasteiger partial charge in [0.1, 0.15) is 5.01 Å². The Labute approximate surface area is 173 Å². The van der Waals surface area contributed by atoms with E-state index in [1.165, 1.54) is 5.56 Å². The van der Waals surface area contributed by atoms with Gasteiger partial charge in [0, 0.05) is 12.6 Å². The highest BCUT2D eigenvalue weighted by atomic mass is 32.1. The summed E-state index contributed by atoms with van der Waals surface area (Å²) < 4.78 is 6.57. The summed E-state index contributed by atoms with van der Waals surface area (Å²) in [6, 6.07) is 20.2. The third-order valence-electron chi connectivity index (χ3n) is 5.39. The molecule has 2 aromatic heterocycles. The number of hydrogen-bond donors (Lipinski definition) is 0. The summed E-state index contributed by atoms with van der Waals surface area (Å²) in [6.07, 6.45) is 3.53. The molecule has 1 saturated heterocycles. The van der Waals surface area contributed by atoms with Gasteiger partial charge < -0.3 is 9.42 Å². The molecule has 29 heavy (non-hydrogen) atoms. The zero-order chi connectivity index (χ0) is 19.6. The maximum absolute atomic E-state index is 13.1. The molecule has 1 aliphatic heterocycles. The highest BCUT2D eigenvalue weighted by Crippen LogP contribution is 2.37. The molecule has 3 heterocycles. The van der Waals surface area contributed by atoms with Crippen LogP contribution in [-0.2, 0) is 12.8 Å². The van der Waals surface area contributed by atoms with Crippen molar-refractivity contribution in [3.05, 3.63) is 82.7 Å². The average molecular weight is 404 g/mol. The van der Waals surface area contributed by atoms with Crippen molar-refractivity contribution in [1.82, 2.24) is 15.0 Å². The molecular weight excluding hydrogens is 382 g/mol. The topological polar surface area (TPSA) is 59.2 Å². The Morgan fingerprint density at radius 2 is 1.93 bits per heavy atom. The van der Waals surface area contributed by atoms with Crippen LogP contribution in [0.2, 0.25) is 0 Å². The summed E-state index contributed by atoms with van der Waals surface area (Å²) >= 11 is 1.67. The van der Waals surface area contributed by atoms with Gasteiger partial charge in [0.25, 0.3) is 5.91 Å². The van der Waals surface area contributed by atoms with Crippen LogP contribution in [0.5, 0.6) is 0 Å². The quantitative estimate of drug-likeness (QED) is 0.468. The number of carbonyl (C=O) groups is 1. The van der Waals surface area contributed by atoms with Gasteiger partial charge in [0.05, 0.1) is 22.0 Å². The average Bonchev–Trinajstić information content (AvgIpc) is 3.51. The van der Waals surface area contributed by atoms with Gasteiger partial charge in [-0.05, 0) is 43.4 Å². The van der Waals surface area contributed by atoms with Crippen LogP contribution in [0.4, 0.5) is 0 Å². The zero-order valence-electron chi connectivity index (χ0n) is 16.0. The fourth-order valence-corrected chi connectivity index (χ4v) is 5.00. The molecule has 6 heteroatoms. The third-order valence-corrected chi connectivity index (χ3v) is 6.53. The van der Waals surface area contributed by atoms with Crippen molar-refractivity contribution < 1.29 is 9.32 Å². The molecule has 1 unspecified atom stereocenters. The van der Waals surface area contributed by atoms with Gasteiger partial charge in [0.2, 0.25) is 5.76 Å². The van der Waals surface area contributed by atoms with E-state index in [2.05, 4.69) is 23.4 Å². The molecule has 1 fully saturated rings. The van der Waals surface area contributed by atoms with Crippen molar-refractivity contribution in [3.63, 3.8) is 0 Å². The van der Waals surface area contributed by atoms with Gasteiger partial charge in [-0.2, -0.15) is 0 Å². The van der Waals surface area contributed by atoms with E-state index in [-0.39, 0.29) is 11.9 Å². The highest BCUT2D eigenvalue weighted by Gasteiger charge is 2.34. The Morgan fingerprint density at radius 1 is 1.10 bits per heavy atom. The lowest BCUT2D eigenvalue weighted by Gasteiger charge is -2.21. The van der Waals surface area contributed by atoms with Crippen LogP contribution in [0.3, 0.4) is 0 Å². The van der Waals surface area contributed by atoms with E-state index in [0.717, 1.165) is 53.1 Å². The van der Waals surface area contributed by atoms with Crippen LogP contribution < -0.4 is 0 Å². The van der Waals surface area contributed by atoms with Crippen molar-refractivity contribution >= 4 is 27.5 Å². The molecule has 0 bridgehead atoms. The molecule has 0 N–H and O–H groups in total. The summed E-state index contributed by atoms with van der Waals surface area (Å²) in [5, 5.41) is 5.12. The molecule has 5 nitrogen and oxygen atoms in total. The molecule has 0 saturated carbocycles. The van der Waals surface area contributed by atoms with E-state index < -0.39 is 0 Å². The fraction of sp³-hybridized carbons (Fsp3) is 0.261. The molecule has 2 aromatic carbocycles. The number of aryl methyl sites for hydroxylation is 2. The molecule has 1 atom stereocenters. The van der Waals surface area contributed by atoms with Crippen molar-refractivity contribution in [1.29, 1.82) is 0 Å². The Kier molecular flexibility index (Phi) is 4.86. The number of aromatic nitrogens is 2. The molecule has 4 aromatic rings. The summed E-state index contributed by atoms with van der Waals surface area (Å²) in [5.41, 5.74) is 3.06. The van der Waals surface area contributed by atoms with Crippen LogP contribution in [0.15, 0.2) is 65.2 Å². The number of nitrogens with zero attached hydrogens (tertiary/aromatic N) is 3. The maximum atomic E-state index is 13.1. The molecule has 0 aliphatic carbocycles. The van der Waals surface area contributed by atoms with E-state index in [9.17, 15) is 4.79 Å². The van der Waals surface area contributed by atoms with Gasteiger partial charge in [-0.1, -0.05) is 47.6 Å². The Hall–Kier alpha value is -2.99. The van der Waals surface area contributed by atoms with Crippen LogP contribution in [0.25, 0.3) is 10.2 Å². The first-order chi connectivity index (χ1) is 14.3. The monoisotopic (exact) mass is 403 g/mol. The number of carbonyl (C=O) groups excluding carboxylic acids is 1. The molecular formula is C23H21N3O2S. The fourth-order valence-electron chi connectivity index (χ4n) is 3.89. The van der Waals surface area contributed by atoms with Gasteiger partial charge in [-0.3, -0.25) is 4.79 Å². The van der Waals surface area contributed by atoms with Crippen molar-refractivity contribution in [2.75, 3.05) is 6.54 Å². The van der Waals surface area contributed by atoms with Gasteiger partial charge in [0.15, 0.2) is 0 Å². The van der Waals surface area contributed by atoms with E-state index >= 15 is 0 Å². The predicted octanol–water partition coefficient (Wildman–Crippen LogP) is 5.05. The molecule has 1 aliphatic rings. The smallest absolute Gasteiger partial charge is 0.293 e. The summed E-state index contributed by atoms with van der Waals surface area (Å²) in [6.45, 7) is 0.722. The second-order valence-electron chi connectivity index (χ2n) is 7.34. The second kappa shape index (κ2) is 7.79. The molecule has 5 rings (SSSR count). The standard InChI is InChI=1S/C23H21N3O2S/c27-23(20-15-17(25-28-20)13-12-16-7-2-1-3-8-16)26-14-6-10-19(26)22-24-18-9-4-5-11-21(18)29-22/h1-5,7-9,11,15,19H,6,10,12-14H2. The van der Waals surface area contributed by atoms with Crippen LogP contribution in [0, 0.1) is 0 Å². The van der Waals surface area contributed by atoms with E-state index in [1.807, 2.05) is 41.3 Å². The van der Waals surface area contributed by atoms with Crippen molar-refractivity contribution in [2.45, 2.75) is 31.7 Å². The SMILES string of the molecule is O=C(c1cc(CCc2ccccc2)no1)N1CCCC1c1nc2ccccc2s1. The first-order valence-corrected chi connectivity index (χ1v) is 10.8. The minimum absolute atomic E-state index is 0.0118. The Balaban J connectivity index is 1.31. The molecule has 0 spiro atoms. The molecule has 0 radical (unpaired) electrons.